The van der Waals surface area contributed by atoms with Crippen LogP contribution in [-0.2, 0) is 23.9 Å². The number of ketones is 1. The van der Waals surface area contributed by atoms with Crippen molar-refractivity contribution in [2.45, 2.75) is 64.8 Å². The summed E-state index contributed by atoms with van der Waals surface area (Å²) in [4.78, 5) is 50.3. The van der Waals surface area contributed by atoms with Crippen molar-refractivity contribution in [2.24, 2.45) is 5.92 Å². The molecule has 1 aliphatic rings. The van der Waals surface area contributed by atoms with Crippen LogP contribution in [0.15, 0.2) is 10.6 Å². The van der Waals surface area contributed by atoms with Crippen LogP contribution in [0, 0.1) is 12.8 Å². The van der Waals surface area contributed by atoms with Gasteiger partial charge in [0, 0.05) is 13.2 Å². The van der Waals surface area contributed by atoms with E-state index in [0.29, 0.717) is 18.8 Å². The molecular weight excluding hydrogens is 420 g/mol. The number of nitrogens with zero attached hydrogens (tertiary/aromatic N) is 1. The fourth-order valence-electron chi connectivity index (χ4n) is 3.05. The highest BCUT2D eigenvalue weighted by Crippen LogP contribution is 2.29. The van der Waals surface area contributed by atoms with Crippen LogP contribution in [0.3, 0.4) is 0 Å². The first-order valence-corrected chi connectivity index (χ1v) is 10.5. The Morgan fingerprint density at radius 2 is 1.78 bits per heavy atom. The van der Waals surface area contributed by atoms with Gasteiger partial charge in [0.25, 0.3) is 5.91 Å². The number of Topliss-reactive ketones (excluding diaryl/α,β-unsaturated/α-hetero) is 1. The number of methoxy groups -OCH3 is 1. The first-order chi connectivity index (χ1) is 15.0. The van der Waals surface area contributed by atoms with Gasteiger partial charge in [-0.1, -0.05) is 19.0 Å². The number of epoxide rings is 1. The first-order valence-electron chi connectivity index (χ1n) is 10.5. The zero-order valence-corrected chi connectivity index (χ0v) is 19.3. The van der Waals surface area contributed by atoms with Crippen LogP contribution in [0.1, 0.15) is 50.4 Å². The van der Waals surface area contributed by atoms with Gasteiger partial charge in [0.2, 0.25) is 11.8 Å². The van der Waals surface area contributed by atoms with Gasteiger partial charge in [-0.05, 0) is 33.1 Å². The zero-order valence-electron chi connectivity index (χ0n) is 19.3. The Morgan fingerprint density at radius 3 is 2.28 bits per heavy atom. The number of ether oxygens (including phenoxy) is 2. The molecule has 0 radical (unpaired) electrons. The topological polar surface area (TPSA) is 152 Å². The van der Waals surface area contributed by atoms with Crippen molar-refractivity contribution in [3.63, 3.8) is 0 Å². The number of aromatic nitrogens is 1. The monoisotopic (exact) mass is 452 g/mol. The van der Waals surface area contributed by atoms with Crippen molar-refractivity contribution < 1.29 is 33.2 Å². The molecular formula is C21H32N4O7. The van der Waals surface area contributed by atoms with E-state index in [1.54, 1.807) is 13.8 Å². The second kappa shape index (κ2) is 10.7. The summed E-state index contributed by atoms with van der Waals surface area (Å²) in [5.74, 6) is -1.33. The molecule has 32 heavy (non-hydrogen) atoms. The maximum atomic E-state index is 12.7. The molecule has 1 aromatic rings. The minimum Gasteiger partial charge on any atom is -0.382 e. The van der Waals surface area contributed by atoms with Crippen molar-refractivity contribution in [1.29, 1.82) is 0 Å². The third-order valence-corrected chi connectivity index (χ3v) is 5.01. The van der Waals surface area contributed by atoms with Crippen LogP contribution < -0.4 is 16.0 Å². The maximum absolute atomic E-state index is 12.7. The average molecular weight is 453 g/mol. The molecule has 2 rings (SSSR count). The normalized spacial score (nSPS) is 20.2. The lowest BCUT2D eigenvalue weighted by molar-refractivity contribution is -0.133. The lowest BCUT2D eigenvalue weighted by Gasteiger charge is -2.24. The van der Waals surface area contributed by atoms with E-state index >= 15 is 0 Å². The summed E-state index contributed by atoms with van der Waals surface area (Å²) < 4.78 is 15.1. The largest absolute Gasteiger partial charge is 0.382 e. The Hall–Kier alpha value is -2.79. The number of amides is 3. The highest BCUT2D eigenvalue weighted by atomic mass is 16.6. The van der Waals surface area contributed by atoms with Crippen molar-refractivity contribution >= 4 is 23.5 Å². The maximum Gasteiger partial charge on any atom is 0.274 e. The van der Waals surface area contributed by atoms with E-state index in [1.165, 1.54) is 20.1 Å². The molecule has 0 aliphatic carbocycles. The van der Waals surface area contributed by atoms with E-state index in [-0.39, 0.29) is 24.0 Å². The second-order valence-electron chi connectivity index (χ2n) is 8.61. The predicted molar refractivity (Wildman–Crippen MR) is 113 cm³/mol. The zero-order chi connectivity index (χ0) is 24.1. The van der Waals surface area contributed by atoms with Crippen molar-refractivity contribution in [1.82, 2.24) is 21.1 Å². The minimum atomic E-state index is -1.06. The Labute approximate surface area is 186 Å². The van der Waals surface area contributed by atoms with Gasteiger partial charge >= 0.3 is 0 Å². The molecule has 2 heterocycles. The average Bonchev–Trinajstić information content (AvgIpc) is 3.32. The highest BCUT2D eigenvalue weighted by molar-refractivity contribution is 5.99. The number of hydrogen-bond donors (Lipinski definition) is 3. The minimum absolute atomic E-state index is 0.0213. The molecule has 0 spiro atoms. The lowest BCUT2D eigenvalue weighted by Crippen LogP contribution is -2.56. The van der Waals surface area contributed by atoms with Crippen LogP contribution in [0.4, 0.5) is 0 Å². The van der Waals surface area contributed by atoms with E-state index in [0.717, 1.165) is 0 Å². The van der Waals surface area contributed by atoms with Gasteiger partial charge in [-0.3, -0.25) is 19.2 Å². The van der Waals surface area contributed by atoms with E-state index in [1.807, 2.05) is 13.8 Å². The fraction of sp³-hybridized carbons (Fsp3) is 0.667. The molecule has 0 saturated carbocycles. The molecule has 1 aromatic heterocycles. The molecule has 1 fully saturated rings. The Morgan fingerprint density at radius 1 is 1.12 bits per heavy atom. The van der Waals surface area contributed by atoms with Gasteiger partial charge in [0.1, 0.15) is 23.4 Å². The molecule has 4 atom stereocenters. The Kier molecular flexibility index (Phi) is 8.51. The van der Waals surface area contributed by atoms with E-state index in [4.69, 9.17) is 14.0 Å². The molecule has 3 N–H and O–H groups in total. The molecule has 0 bridgehead atoms. The van der Waals surface area contributed by atoms with Crippen molar-refractivity contribution in [2.75, 3.05) is 20.3 Å². The van der Waals surface area contributed by atoms with Gasteiger partial charge in [-0.2, -0.15) is 0 Å². The van der Waals surface area contributed by atoms with Crippen molar-refractivity contribution in [3.05, 3.63) is 17.5 Å². The molecule has 178 valence electrons. The number of carbonyl (C=O) groups is 4. The predicted octanol–water partition coefficient (Wildman–Crippen LogP) is 0.121. The number of rotatable bonds is 12. The van der Waals surface area contributed by atoms with Crippen LogP contribution in [-0.4, -0.2) is 72.7 Å². The molecule has 0 aromatic carbocycles. The standard InChI is InChI=1S/C21H32N4O7/c1-11(2)7-14(17(26)21(5)10-31-21)23-18(27)13(4)22-20(29)16(9-30-6)24-19(28)15-8-12(3)32-25-15/h8,11,13-14,16H,7,9-10H2,1-6H3,(H,22,29)(H,23,27)(H,24,28)/t13-,14-,16?,21?/m0/s1. The lowest BCUT2D eigenvalue weighted by atomic mass is 9.93. The van der Waals surface area contributed by atoms with Gasteiger partial charge in [0.15, 0.2) is 11.5 Å². The molecule has 1 saturated heterocycles. The SMILES string of the molecule is COCC(NC(=O)c1cc(C)on1)C(=O)N[C@@H](C)C(=O)N[C@@H](CC(C)C)C(=O)C1(C)CO1. The van der Waals surface area contributed by atoms with Gasteiger partial charge in [-0.15, -0.1) is 0 Å². The highest BCUT2D eigenvalue weighted by Gasteiger charge is 2.50. The molecule has 11 nitrogen and oxygen atoms in total. The van der Waals surface area contributed by atoms with Gasteiger partial charge in [-0.25, -0.2) is 0 Å². The second-order valence-corrected chi connectivity index (χ2v) is 8.61. The van der Waals surface area contributed by atoms with Crippen molar-refractivity contribution in [3.8, 4) is 0 Å². The molecule has 2 unspecified atom stereocenters. The quantitative estimate of drug-likeness (QED) is 0.378. The molecule has 1 aliphatic heterocycles. The molecule has 11 heteroatoms. The summed E-state index contributed by atoms with van der Waals surface area (Å²) in [6, 6.07) is -1.31. The van der Waals surface area contributed by atoms with Crippen LogP contribution in [0.5, 0.6) is 0 Å². The van der Waals surface area contributed by atoms with Gasteiger partial charge < -0.3 is 29.9 Å². The van der Waals surface area contributed by atoms with E-state index in [2.05, 4.69) is 21.1 Å². The van der Waals surface area contributed by atoms with Crippen LogP contribution in [0.2, 0.25) is 0 Å². The summed E-state index contributed by atoms with van der Waals surface area (Å²) in [5.41, 5.74) is -0.847. The summed E-state index contributed by atoms with van der Waals surface area (Å²) in [6.07, 6.45) is 0.448. The number of nitrogens with one attached hydrogen (secondary N) is 3. The summed E-state index contributed by atoms with van der Waals surface area (Å²) >= 11 is 0. The summed E-state index contributed by atoms with van der Waals surface area (Å²) in [7, 11) is 1.38. The Bertz CT molecular complexity index is 847. The fourth-order valence-corrected chi connectivity index (χ4v) is 3.05. The summed E-state index contributed by atoms with van der Waals surface area (Å²) in [5, 5.41) is 11.4. The van der Waals surface area contributed by atoms with Gasteiger partial charge in [0.05, 0.1) is 19.3 Å². The summed E-state index contributed by atoms with van der Waals surface area (Å²) in [6.45, 7) is 8.92. The number of carbonyl (C=O) groups excluding carboxylic acids is 4. The number of hydrogen-bond acceptors (Lipinski definition) is 8. The smallest absolute Gasteiger partial charge is 0.274 e. The third-order valence-electron chi connectivity index (χ3n) is 5.01. The number of aryl methyl sites for hydroxylation is 1. The molecule has 3 amide bonds. The van der Waals surface area contributed by atoms with Crippen LogP contribution >= 0.6 is 0 Å². The van der Waals surface area contributed by atoms with E-state index < -0.39 is 41.4 Å². The third kappa shape index (κ3) is 6.86. The Balaban J connectivity index is 1.98. The van der Waals surface area contributed by atoms with E-state index in [9.17, 15) is 19.2 Å². The first kappa shape index (κ1) is 25.5. The van der Waals surface area contributed by atoms with Crippen LogP contribution in [0.25, 0.3) is 0 Å².